The fraction of sp³-hybridized carbons (Fsp3) is 0.500. The summed E-state index contributed by atoms with van der Waals surface area (Å²) in [5.74, 6) is 0.573. The van der Waals surface area contributed by atoms with Gasteiger partial charge in [-0.05, 0) is 24.1 Å². The van der Waals surface area contributed by atoms with Crippen molar-refractivity contribution in [1.82, 2.24) is 5.32 Å². The third kappa shape index (κ3) is 2.82. The first-order valence-corrected chi connectivity index (χ1v) is 6.53. The van der Waals surface area contributed by atoms with Crippen LogP contribution < -0.4 is 15.8 Å². The highest BCUT2D eigenvalue weighted by atomic mass is 16.5. The van der Waals surface area contributed by atoms with Crippen LogP contribution in [0.3, 0.4) is 0 Å². The number of benzene rings is 1. The lowest BCUT2D eigenvalue weighted by Gasteiger charge is -2.14. The van der Waals surface area contributed by atoms with Gasteiger partial charge in [0.2, 0.25) is 0 Å². The SMILES string of the molecule is CCCCC(N)c1ccc2c(c1)C(=O)NCCO2. The molecule has 1 atom stereocenters. The predicted octanol–water partition coefficient (Wildman–Crippen LogP) is 2.00. The fourth-order valence-corrected chi connectivity index (χ4v) is 2.09. The normalized spacial score (nSPS) is 16.2. The highest BCUT2D eigenvalue weighted by Crippen LogP contribution is 2.25. The van der Waals surface area contributed by atoms with Crippen LogP contribution in [0.1, 0.15) is 48.1 Å². The lowest BCUT2D eigenvalue weighted by molar-refractivity contribution is 0.0957. The lowest BCUT2D eigenvalue weighted by Crippen LogP contribution is -2.24. The van der Waals surface area contributed by atoms with Crippen molar-refractivity contribution < 1.29 is 9.53 Å². The summed E-state index contributed by atoms with van der Waals surface area (Å²) in [7, 11) is 0. The first-order valence-electron chi connectivity index (χ1n) is 6.53. The quantitative estimate of drug-likeness (QED) is 0.856. The van der Waals surface area contributed by atoms with Gasteiger partial charge in [-0.3, -0.25) is 4.79 Å². The molecule has 1 aliphatic heterocycles. The van der Waals surface area contributed by atoms with Gasteiger partial charge in [0.05, 0.1) is 12.1 Å². The molecule has 98 valence electrons. The lowest BCUT2D eigenvalue weighted by atomic mass is 9.99. The van der Waals surface area contributed by atoms with Crippen molar-refractivity contribution >= 4 is 5.91 Å². The van der Waals surface area contributed by atoms with Crippen LogP contribution in [0, 0.1) is 0 Å². The van der Waals surface area contributed by atoms with Gasteiger partial charge < -0.3 is 15.8 Å². The van der Waals surface area contributed by atoms with Crippen molar-refractivity contribution in [3.05, 3.63) is 29.3 Å². The van der Waals surface area contributed by atoms with E-state index in [4.69, 9.17) is 10.5 Å². The molecule has 3 N–H and O–H groups in total. The maximum atomic E-state index is 11.9. The molecule has 0 radical (unpaired) electrons. The number of unbranched alkanes of at least 4 members (excludes halogenated alkanes) is 1. The van der Waals surface area contributed by atoms with E-state index in [1.54, 1.807) is 0 Å². The maximum Gasteiger partial charge on any atom is 0.255 e. The Morgan fingerprint density at radius 3 is 3.11 bits per heavy atom. The first-order chi connectivity index (χ1) is 8.72. The van der Waals surface area contributed by atoms with E-state index in [9.17, 15) is 4.79 Å². The molecular weight excluding hydrogens is 228 g/mol. The van der Waals surface area contributed by atoms with Gasteiger partial charge in [-0.15, -0.1) is 0 Å². The van der Waals surface area contributed by atoms with Gasteiger partial charge in [-0.25, -0.2) is 0 Å². The predicted molar refractivity (Wildman–Crippen MR) is 70.7 cm³/mol. The van der Waals surface area contributed by atoms with Crippen LogP contribution in [0.25, 0.3) is 0 Å². The molecule has 1 aromatic carbocycles. The Balaban J connectivity index is 2.22. The molecule has 1 unspecified atom stereocenters. The van der Waals surface area contributed by atoms with Crippen LogP contribution in [0.2, 0.25) is 0 Å². The van der Waals surface area contributed by atoms with E-state index in [2.05, 4.69) is 12.2 Å². The fourth-order valence-electron chi connectivity index (χ4n) is 2.09. The summed E-state index contributed by atoms with van der Waals surface area (Å²) in [6, 6.07) is 5.65. The number of carbonyl (C=O) groups is 1. The van der Waals surface area contributed by atoms with Crippen molar-refractivity contribution in [3.63, 3.8) is 0 Å². The number of nitrogens with one attached hydrogen (secondary N) is 1. The van der Waals surface area contributed by atoms with Gasteiger partial charge in [0, 0.05) is 6.04 Å². The monoisotopic (exact) mass is 248 g/mol. The number of hydrogen-bond donors (Lipinski definition) is 2. The summed E-state index contributed by atoms with van der Waals surface area (Å²) in [5.41, 5.74) is 7.72. The van der Waals surface area contributed by atoms with Gasteiger partial charge in [0.1, 0.15) is 12.4 Å². The molecule has 1 heterocycles. The molecule has 0 bridgehead atoms. The van der Waals surface area contributed by atoms with E-state index in [1.807, 2.05) is 18.2 Å². The van der Waals surface area contributed by atoms with Gasteiger partial charge in [-0.1, -0.05) is 25.8 Å². The Labute approximate surface area is 108 Å². The van der Waals surface area contributed by atoms with Crippen molar-refractivity contribution in [2.45, 2.75) is 32.2 Å². The minimum Gasteiger partial charge on any atom is -0.491 e. The highest BCUT2D eigenvalue weighted by Gasteiger charge is 2.18. The number of fused-ring (bicyclic) bond motifs is 1. The smallest absolute Gasteiger partial charge is 0.255 e. The molecule has 0 saturated heterocycles. The summed E-state index contributed by atoms with van der Waals surface area (Å²) in [6.07, 6.45) is 3.17. The number of amides is 1. The van der Waals surface area contributed by atoms with E-state index < -0.39 is 0 Å². The highest BCUT2D eigenvalue weighted by molar-refractivity contribution is 5.97. The summed E-state index contributed by atoms with van der Waals surface area (Å²) in [6.45, 7) is 3.20. The third-order valence-electron chi connectivity index (χ3n) is 3.19. The second kappa shape index (κ2) is 5.87. The minimum atomic E-state index is -0.0768. The van der Waals surface area contributed by atoms with Crippen LogP contribution >= 0.6 is 0 Å². The van der Waals surface area contributed by atoms with E-state index in [1.165, 1.54) is 0 Å². The molecule has 0 saturated carbocycles. The summed E-state index contributed by atoms with van der Waals surface area (Å²) in [5, 5.41) is 2.81. The van der Waals surface area contributed by atoms with Gasteiger partial charge in [0.25, 0.3) is 5.91 Å². The first kappa shape index (κ1) is 12.9. The molecule has 4 nitrogen and oxygen atoms in total. The molecule has 1 aromatic rings. The van der Waals surface area contributed by atoms with E-state index in [0.29, 0.717) is 24.5 Å². The van der Waals surface area contributed by atoms with Crippen LogP contribution in [-0.4, -0.2) is 19.1 Å². The molecular formula is C14H20N2O2. The van der Waals surface area contributed by atoms with E-state index in [-0.39, 0.29) is 11.9 Å². The minimum absolute atomic E-state index is 0.00805. The number of ether oxygens (including phenoxy) is 1. The Hall–Kier alpha value is -1.55. The van der Waals surface area contributed by atoms with Gasteiger partial charge in [0.15, 0.2) is 0 Å². The number of nitrogens with two attached hydrogens (primary N) is 1. The zero-order valence-corrected chi connectivity index (χ0v) is 10.7. The standard InChI is InChI=1S/C14H20N2O2/c1-2-3-4-12(15)10-5-6-13-11(9-10)14(17)16-7-8-18-13/h5-6,9,12H,2-4,7-8,15H2,1H3,(H,16,17). The summed E-state index contributed by atoms with van der Waals surface area (Å²) < 4.78 is 5.51. The molecule has 1 amide bonds. The zero-order valence-electron chi connectivity index (χ0n) is 10.7. The van der Waals surface area contributed by atoms with Crippen LogP contribution in [0.4, 0.5) is 0 Å². The molecule has 2 rings (SSSR count). The molecule has 0 fully saturated rings. The van der Waals surface area contributed by atoms with Crippen LogP contribution in [0.15, 0.2) is 18.2 Å². The number of hydrogen-bond acceptors (Lipinski definition) is 3. The Morgan fingerprint density at radius 1 is 1.50 bits per heavy atom. The Kier molecular flexibility index (Phi) is 4.20. The number of carbonyl (C=O) groups excluding carboxylic acids is 1. The molecule has 0 spiro atoms. The molecule has 1 aliphatic rings. The summed E-state index contributed by atoms with van der Waals surface area (Å²) >= 11 is 0. The van der Waals surface area contributed by atoms with Crippen molar-refractivity contribution in [3.8, 4) is 5.75 Å². The zero-order chi connectivity index (χ0) is 13.0. The van der Waals surface area contributed by atoms with Crippen molar-refractivity contribution in [2.24, 2.45) is 5.73 Å². The van der Waals surface area contributed by atoms with E-state index >= 15 is 0 Å². The third-order valence-corrected chi connectivity index (χ3v) is 3.19. The Bertz CT molecular complexity index is 432. The maximum absolute atomic E-state index is 11.9. The summed E-state index contributed by atoms with van der Waals surface area (Å²) in [4.78, 5) is 11.9. The molecule has 0 aromatic heterocycles. The Morgan fingerprint density at radius 2 is 2.33 bits per heavy atom. The second-order valence-electron chi connectivity index (χ2n) is 4.61. The molecule has 18 heavy (non-hydrogen) atoms. The van der Waals surface area contributed by atoms with Crippen molar-refractivity contribution in [2.75, 3.05) is 13.2 Å². The van der Waals surface area contributed by atoms with Gasteiger partial charge >= 0.3 is 0 Å². The second-order valence-corrected chi connectivity index (χ2v) is 4.61. The van der Waals surface area contributed by atoms with Crippen LogP contribution in [-0.2, 0) is 0 Å². The average molecular weight is 248 g/mol. The van der Waals surface area contributed by atoms with Crippen LogP contribution in [0.5, 0.6) is 5.75 Å². The van der Waals surface area contributed by atoms with E-state index in [0.717, 1.165) is 24.8 Å². The van der Waals surface area contributed by atoms with Crippen molar-refractivity contribution in [1.29, 1.82) is 0 Å². The topological polar surface area (TPSA) is 64.4 Å². The molecule has 0 aliphatic carbocycles. The van der Waals surface area contributed by atoms with Gasteiger partial charge in [-0.2, -0.15) is 0 Å². The average Bonchev–Trinajstić information content (AvgIpc) is 2.58. The number of rotatable bonds is 4. The molecule has 4 heteroatoms. The largest absolute Gasteiger partial charge is 0.491 e.